The lowest BCUT2D eigenvalue weighted by Gasteiger charge is -2.29. The predicted octanol–water partition coefficient (Wildman–Crippen LogP) is 2.60. The molecular weight excluding hydrogens is 472 g/mol. The first-order chi connectivity index (χ1) is 16.9. The van der Waals surface area contributed by atoms with Crippen LogP contribution in [0.15, 0.2) is 36.4 Å². The van der Waals surface area contributed by atoms with Crippen LogP contribution in [-0.4, -0.2) is 56.6 Å². The Labute approximate surface area is 206 Å². The van der Waals surface area contributed by atoms with E-state index in [1.54, 1.807) is 41.3 Å². The van der Waals surface area contributed by atoms with Crippen LogP contribution in [0.3, 0.4) is 0 Å². The highest BCUT2D eigenvalue weighted by Crippen LogP contribution is 2.42. The van der Waals surface area contributed by atoms with Crippen LogP contribution in [0.2, 0.25) is 5.15 Å². The SMILES string of the molecule is COc1ccc2c(c1)c(C(N)=O)nn2CC(=O)N1[C@H](C(=O)Nc2cccc(Cl)n2)C[C@@H]2CCC[C@@H]21. The number of methoxy groups -OCH3 is 1. The van der Waals surface area contributed by atoms with Gasteiger partial charge < -0.3 is 20.7 Å². The number of pyridine rings is 1. The topological polar surface area (TPSA) is 132 Å². The van der Waals surface area contributed by atoms with Gasteiger partial charge in [-0.15, -0.1) is 0 Å². The fourth-order valence-corrected chi connectivity index (χ4v) is 5.53. The highest BCUT2D eigenvalue weighted by atomic mass is 35.5. The van der Waals surface area contributed by atoms with Crippen molar-refractivity contribution in [3.05, 3.63) is 47.2 Å². The Morgan fingerprint density at radius 2 is 2.06 bits per heavy atom. The number of fused-ring (bicyclic) bond motifs is 2. The summed E-state index contributed by atoms with van der Waals surface area (Å²) in [4.78, 5) is 44.7. The Bertz CT molecular complexity index is 1320. The van der Waals surface area contributed by atoms with Crippen LogP contribution in [0.4, 0.5) is 5.82 Å². The molecule has 0 bridgehead atoms. The number of aromatic nitrogens is 3. The van der Waals surface area contributed by atoms with Gasteiger partial charge in [0.25, 0.3) is 5.91 Å². The Morgan fingerprint density at radius 1 is 1.23 bits per heavy atom. The largest absolute Gasteiger partial charge is 0.497 e. The molecule has 1 aliphatic heterocycles. The average molecular weight is 497 g/mol. The van der Waals surface area contributed by atoms with E-state index >= 15 is 0 Å². The molecule has 3 heterocycles. The maximum atomic E-state index is 13.6. The van der Waals surface area contributed by atoms with Crippen molar-refractivity contribution in [3.8, 4) is 5.75 Å². The van der Waals surface area contributed by atoms with E-state index in [9.17, 15) is 14.4 Å². The lowest BCUT2D eigenvalue weighted by molar-refractivity contribution is -0.139. The minimum absolute atomic E-state index is 0.0110. The van der Waals surface area contributed by atoms with Gasteiger partial charge in [-0.25, -0.2) is 4.98 Å². The van der Waals surface area contributed by atoms with Gasteiger partial charge >= 0.3 is 0 Å². The molecule has 0 spiro atoms. The van der Waals surface area contributed by atoms with Crippen molar-refractivity contribution in [3.63, 3.8) is 0 Å². The summed E-state index contributed by atoms with van der Waals surface area (Å²) >= 11 is 5.95. The molecule has 5 rings (SSSR count). The van der Waals surface area contributed by atoms with E-state index in [2.05, 4.69) is 15.4 Å². The van der Waals surface area contributed by atoms with Crippen molar-refractivity contribution in [2.45, 2.75) is 44.3 Å². The number of carbonyl (C=O) groups is 3. The molecule has 35 heavy (non-hydrogen) atoms. The summed E-state index contributed by atoms with van der Waals surface area (Å²) in [7, 11) is 1.52. The predicted molar refractivity (Wildman–Crippen MR) is 129 cm³/mol. The Morgan fingerprint density at radius 3 is 2.80 bits per heavy atom. The molecule has 2 aliphatic rings. The number of amides is 3. The standard InChI is InChI=1S/C24H25ClN6O4/c1-35-14-8-9-17-15(11-14)22(23(26)33)29-30(17)12-21(32)31-16-5-2-4-13(16)10-18(31)24(34)28-20-7-3-6-19(25)27-20/h3,6-9,11,13,16,18H,2,4-5,10,12H2,1H3,(H2,26,33)(H,27,28,34)/t13-,16-,18-/m0/s1. The molecule has 2 fully saturated rings. The molecule has 1 saturated heterocycles. The summed E-state index contributed by atoms with van der Waals surface area (Å²) in [5.41, 5.74) is 6.18. The van der Waals surface area contributed by atoms with Crippen LogP contribution < -0.4 is 15.8 Å². The lowest BCUT2D eigenvalue weighted by Crippen LogP contribution is -2.48. The molecular formula is C24H25ClN6O4. The smallest absolute Gasteiger partial charge is 0.269 e. The lowest BCUT2D eigenvalue weighted by atomic mass is 10.0. The molecule has 0 unspecified atom stereocenters. The van der Waals surface area contributed by atoms with Gasteiger partial charge in [0.05, 0.1) is 12.6 Å². The van der Waals surface area contributed by atoms with Crippen LogP contribution >= 0.6 is 11.6 Å². The maximum Gasteiger partial charge on any atom is 0.269 e. The number of nitrogens with two attached hydrogens (primary N) is 1. The van der Waals surface area contributed by atoms with Gasteiger partial charge in [0.2, 0.25) is 11.8 Å². The molecule has 3 atom stereocenters. The van der Waals surface area contributed by atoms with E-state index in [1.165, 1.54) is 11.8 Å². The third-order valence-electron chi connectivity index (χ3n) is 6.87. The molecule has 182 valence electrons. The summed E-state index contributed by atoms with van der Waals surface area (Å²) in [5.74, 6) is -0.0829. The third kappa shape index (κ3) is 4.29. The van der Waals surface area contributed by atoms with Gasteiger partial charge in [0.1, 0.15) is 29.3 Å². The first-order valence-corrected chi connectivity index (χ1v) is 11.8. The fraction of sp³-hybridized carbons (Fsp3) is 0.375. The number of ether oxygens (including phenoxy) is 1. The van der Waals surface area contributed by atoms with Crippen LogP contribution in [0.25, 0.3) is 10.9 Å². The number of primary amides is 1. The Kier molecular flexibility index (Phi) is 6.06. The van der Waals surface area contributed by atoms with Crippen LogP contribution in [-0.2, 0) is 16.1 Å². The van der Waals surface area contributed by atoms with Gasteiger partial charge in [-0.05, 0) is 55.5 Å². The highest BCUT2D eigenvalue weighted by Gasteiger charge is 2.48. The van der Waals surface area contributed by atoms with Crippen LogP contribution in [0, 0.1) is 5.92 Å². The number of carbonyl (C=O) groups excluding carboxylic acids is 3. The number of nitrogens with one attached hydrogen (secondary N) is 1. The fourth-order valence-electron chi connectivity index (χ4n) is 5.37. The molecule has 11 heteroatoms. The van der Waals surface area contributed by atoms with Gasteiger partial charge in [-0.1, -0.05) is 24.1 Å². The number of benzene rings is 1. The summed E-state index contributed by atoms with van der Waals surface area (Å²) in [6, 6.07) is 9.47. The Balaban J connectivity index is 1.43. The molecule has 0 radical (unpaired) electrons. The van der Waals surface area contributed by atoms with Crippen molar-refractivity contribution in [1.29, 1.82) is 0 Å². The monoisotopic (exact) mass is 496 g/mol. The quantitative estimate of drug-likeness (QED) is 0.504. The zero-order valence-electron chi connectivity index (χ0n) is 19.1. The summed E-state index contributed by atoms with van der Waals surface area (Å²) in [6.45, 7) is -0.126. The van der Waals surface area contributed by atoms with Crippen molar-refractivity contribution in [2.24, 2.45) is 11.7 Å². The van der Waals surface area contributed by atoms with Gasteiger partial charge in [0.15, 0.2) is 5.69 Å². The highest BCUT2D eigenvalue weighted by molar-refractivity contribution is 6.29. The maximum absolute atomic E-state index is 13.6. The summed E-state index contributed by atoms with van der Waals surface area (Å²) in [5, 5.41) is 7.90. The number of rotatable bonds is 6. The van der Waals surface area contributed by atoms with Gasteiger partial charge in [0, 0.05) is 11.4 Å². The summed E-state index contributed by atoms with van der Waals surface area (Å²) in [6.07, 6.45) is 3.43. The van der Waals surface area contributed by atoms with Gasteiger partial charge in [-0.2, -0.15) is 5.10 Å². The van der Waals surface area contributed by atoms with Gasteiger partial charge in [-0.3, -0.25) is 19.1 Å². The number of anilines is 1. The van der Waals surface area contributed by atoms with Crippen LogP contribution in [0.5, 0.6) is 5.75 Å². The van der Waals surface area contributed by atoms with E-state index in [1.807, 2.05) is 0 Å². The van der Waals surface area contributed by atoms with Crippen LogP contribution in [0.1, 0.15) is 36.2 Å². The van der Waals surface area contributed by atoms with Crippen molar-refractivity contribution in [2.75, 3.05) is 12.4 Å². The second-order valence-electron chi connectivity index (χ2n) is 8.90. The van der Waals surface area contributed by atoms with Crippen molar-refractivity contribution >= 4 is 46.0 Å². The normalized spacial score (nSPS) is 21.2. The van der Waals surface area contributed by atoms with E-state index in [-0.39, 0.29) is 41.2 Å². The molecule has 3 N–H and O–H groups in total. The zero-order valence-corrected chi connectivity index (χ0v) is 19.9. The molecule has 10 nitrogen and oxygen atoms in total. The third-order valence-corrected chi connectivity index (χ3v) is 7.08. The van der Waals surface area contributed by atoms with E-state index in [0.29, 0.717) is 28.9 Å². The first-order valence-electron chi connectivity index (χ1n) is 11.4. The molecule has 3 aromatic rings. The van der Waals surface area contributed by atoms with Crippen molar-refractivity contribution < 1.29 is 19.1 Å². The molecule has 2 aromatic heterocycles. The minimum Gasteiger partial charge on any atom is -0.497 e. The number of hydrogen-bond donors (Lipinski definition) is 2. The molecule has 1 aliphatic carbocycles. The number of nitrogens with zero attached hydrogens (tertiary/aromatic N) is 4. The first kappa shape index (κ1) is 23.1. The average Bonchev–Trinajstić information content (AvgIpc) is 3.51. The molecule has 3 amide bonds. The number of hydrogen-bond acceptors (Lipinski definition) is 6. The van der Waals surface area contributed by atoms with E-state index < -0.39 is 11.9 Å². The molecule has 1 saturated carbocycles. The van der Waals surface area contributed by atoms with Crippen molar-refractivity contribution in [1.82, 2.24) is 19.7 Å². The number of likely N-dealkylation sites (tertiary alicyclic amines) is 1. The zero-order chi connectivity index (χ0) is 24.7. The summed E-state index contributed by atoms with van der Waals surface area (Å²) < 4.78 is 6.72. The minimum atomic E-state index is -0.697. The molecule has 1 aromatic carbocycles. The Hall–Kier alpha value is -3.66. The number of halogens is 1. The second-order valence-corrected chi connectivity index (χ2v) is 9.29. The second kappa shape index (κ2) is 9.18. The van der Waals surface area contributed by atoms with E-state index in [4.69, 9.17) is 22.1 Å². The van der Waals surface area contributed by atoms with E-state index in [0.717, 1.165) is 19.3 Å².